The molecule has 0 fully saturated rings. The lowest BCUT2D eigenvalue weighted by Gasteiger charge is -2.21. The average molecular weight is 575 g/mol. The molecule has 37 heavy (non-hydrogen) atoms. The van der Waals surface area contributed by atoms with Crippen LogP contribution < -0.4 is 0 Å². The molecule has 0 aliphatic heterocycles. The van der Waals surface area contributed by atoms with Crippen molar-refractivity contribution in [1.29, 1.82) is 0 Å². The summed E-state index contributed by atoms with van der Waals surface area (Å²) < 4.78 is 52.9. The summed E-state index contributed by atoms with van der Waals surface area (Å²) in [6.07, 6.45) is -4.59. The van der Waals surface area contributed by atoms with Gasteiger partial charge in [-0.15, -0.1) is 15.8 Å². The fourth-order valence-electron chi connectivity index (χ4n) is 3.43. The molecule has 0 aliphatic rings. The molecule has 2 atom stereocenters. The molecule has 0 bridgehead atoms. The normalized spacial score (nSPS) is 13.4. The van der Waals surface area contributed by atoms with Crippen molar-refractivity contribution in [3.63, 3.8) is 0 Å². The minimum atomic E-state index is -4.59. The minimum Gasteiger partial charge on any atom is -0.474 e. The molecule has 0 saturated heterocycles. The predicted molar refractivity (Wildman–Crippen MR) is 132 cm³/mol. The standard InChI is InChI=1S/C24H22ClF3N2O5S2/c1-15(17-5-7-19(25)8-6-17)12-30(34)37(35)21-10-9-20(36-21)14-29(22(31)23(32)33)13-16-3-2-4-18(11-16)24(26,27)28/h2-11,15,34H,12-14H2,1H3,(H,32,33). The Hall–Kier alpha value is -2.77. The predicted octanol–water partition coefficient (Wildman–Crippen LogP) is 5.55. The lowest BCUT2D eigenvalue weighted by atomic mass is 10.0. The molecule has 0 saturated carbocycles. The Balaban J connectivity index is 1.71. The van der Waals surface area contributed by atoms with Crippen molar-refractivity contribution in [2.45, 2.75) is 36.3 Å². The average Bonchev–Trinajstić information content (AvgIpc) is 3.31. The Bertz CT molecular complexity index is 1280. The van der Waals surface area contributed by atoms with Crippen molar-refractivity contribution in [3.05, 3.63) is 87.3 Å². The Kier molecular flexibility index (Phi) is 9.48. The van der Waals surface area contributed by atoms with Gasteiger partial charge >= 0.3 is 18.1 Å². The summed E-state index contributed by atoms with van der Waals surface area (Å²) in [5, 5.41) is 20.1. The van der Waals surface area contributed by atoms with E-state index in [2.05, 4.69) is 0 Å². The molecule has 3 aromatic rings. The first-order chi connectivity index (χ1) is 17.3. The zero-order chi connectivity index (χ0) is 27.3. The molecule has 198 valence electrons. The van der Waals surface area contributed by atoms with Gasteiger partial charge in [-0.2, -0.15) is 13.2 Å². The topological polar surface area (TPSA) is 98.2 Å². The van der Waals surface area contributed by atoms with Crippen LogP contribution >= 0.6 is 22.9 Å². The number of nitrogens with zero attached hydrogens (tertiary/aromatic N) is 2. The molecule has 1 amide bonds. The van der Waals surface area contributed by atoms with Crippen LogP contribution in [0, 0.1) is 0 Å². The Morgan fingerprint density at radius 2 is 1.76 bits per heavy atom. The van der Waals surface area contributed by atoms with Gasteiger partial charge in [0.05, 0.1) is 12.1 Å². The van der Waals surface area contributed by atoms with E-state index >= 15 is 0 Å². The summed E-state index contributed by atoms with van der Waals surface area (Å²) in [5.41, 5.74) is 0.0598. The summed E-state index contributed by atoms with van der Waals surface area (Å²) >= 11 is 6.87. The first-order valence-electron chi connectivity index (χ1n) is 10.8. The van der Waals surface area contributed by atoms with Crippen LogP contribution in [0.15, 0.2) is 64.9 Å². The number of benzene rings is 2. The van der Waals surface area contributed by atoms with E-state index in [-0.39, 0.29) is 35.3 Å². The van der Waals surface area contributed by atoms with Gasteiger partial charge in [-0.05, 0) is 53.4 Å². The van der Waals surface area contributed by atoms with Crippen LogP contribution in [0.3, 0.4) is 0 Å². The molecule has 13 heteroatoms. The number of carboxylic acid groups (broad SMARTS) is 1. The molecule has 0 spiro atoms. The molecule has 0 aliphatic carbocycles. The number of aliphatic carboxylic acids is 1. The third-order valence-electron chi connectivity index (χ3n) is 5.31. The van der Waals surface area contributed by atoms with E-state index in [0.717, 1.165) is 33.9 Å². The van der Waals surface area contributed by atoms with E-state index < -0.39 is 34.6 Å². The molecule has 1 heterocycles. The van der Waals surface area contributed by atoms with E-state index in [4.69, 9.17) is 11.6 Å². The number of hydrogen-bond acceptors (Lipinski definition) is 5. The van der Waals surface area contributed by atoms with E-state index in [0.29, 0.717) is 14.4 Å². The van der Waals surface area contributed by atoms with Crippen LogP contribution in [0.1, 0.15) is 34.4 Å². The lowest BCUT2D eigenvalue weighted by molar-refractivity contribution is -0.156. The SMILES string of the molecule is CC(CN(O)S(=O)c1ccc(CN(Cc2cccc(C(F)(F)F)c2)C(=O)C(=O)O)s1)c1ccc(Cl)cc1. The van der Waals surface area contributed by atoms with E-state index in [1.54, 1.807) is 24.3 Å². The zero-order valence-corrected chi connectivity index (χ0v) is 21.7. The lowest BCUT2D eigenvalue weighted by Crippen LogP contribution is -2.35. The number of rotatable bonds is 9. The Labute approximate surface area is 222 Å². The van der Waals surface area contributed by atoms with Crippen molar-refractivity contribution < 1.29 is 37.3 Å². The van der Waals surface area contributed by atoms with E-state index in [9.17, 15) is 37.3 Å². The Morgan fingerprint density at radius 3 is 2.38 bits per heavy atom. The number of carbonyl (C=O) groups excluding carboxylic acids is 1. The molecule has 2 unspecified atom stereocenters. The van der Waals surface area contributed by atoms with Crippen LogP contribution in [0.2, 0.25) is 5.02 Å². The first kappa shape index (κ1) is 28.8. The van der Waals surface area contributed by atoms with Crippen LogP contribution in [0.25, 0.3) is 0 Å². The van der Waals surface area contributed by atoms with Crippen molar-refractivity contribution in [2.75, 3.05) is 6.54 Å². The summed E-state index contributed by atoms with van der Waals surface area (Å²) in [4.78, 5) is 24.9. The number of thiophene rings is 1. The fourth-order valence-corrected chi connectivity index (χ4v) is 5.92. The molecule has 2 aromatic carbocycles. The monoisotopic (exact) mass is 574 g/mol. The second-order valence-electron chi connectivity index (χ2n) is 8.12. The fraction of sp³-hybridized carbons (Fsp3) is 0.250. The van der Waals surface area contributed by atoms with Crippen LogP contribution in [0.4, 0.5) is 13.2 Å². The van der Waals surface area contributed by atoms with E-state index in [1.165, 1.54) is 24.3 Å². The van der Waals surface area contributed by atoms with Crippen LogP contribution in [-0.4, -0.2) is 42.3 Å². The molecule has 0 radical (unpaired) electrons. The second kappa shape index (κ2) is 12.2. The number of carboxylic acids is 1. The maximum atomic E-state index is 13.0. The highest BCUT2D eigenvalue weighted by atomic mass is 35.5. The third kappa shape index (κ3) is 7.86. The van der Waals surface area contributed by atoms with Gasteiger partial charge in [0.15, 0.2) is 11.0 Å². The van der Waals surface area contributed by atoms with Gasteiger partial charge in [0.2, 0.25) is 0 Å². The molecule has 1 aromatic heterocycles. The van der Waals surface area contributed by atoms with Gasteiger partial charge in [-0.25, -0.2) is 9.00 Å². The van der Waals surface area contributed by atoms with Crippen molar-refractivity contribution in [3.8, 4) is 0 Å². The number of alkyl halides is 3. The molecular formula is C24H22ClF3N2O5S2. The minimum absolute atomic E-state index is 0.0423. The number of carbonyl (C=O) groups is 2. The van der Waals surface area contributed by atoms with Crippen molar-refractivity contribution in [1.82, 2.24) is 9.37 Å². The van der Waals surface area contributed by atoms with Crippen molar-refractivity contribution in [2.24, 2.45) is 0 Å². The summed E-state index contributed by atoms with van der Waals surface area (Å²) in [5.74, 6) is -3.24. The number of amides is 1. The quantitative estimate of drug-likeness (QED) is 0.258. The van der Waals surface area contributed by atoms with Gasteiger partial charge in [0.1, 0.15) is 4.21 Å². The molecular weight excluding hydrogens is 553 g/mol. The summed E-state index contributed by atoms with van der Waals surface area (Å²) in [6.45, 7) is 1.26. The molecule has 7 nitrogen and oxygen atoms in total. The number of halogens is 4. The highest BCUT2D eigenvalue weighted by Gasteiger charge is 2.31. The van der Waals surface area contributed by atoms with Gasteiger partial charge in [-0.1, -0.05) is 42.8 Å². The van der Waals surface area contributed by atoms with Gasteiger partial charge < -0.3 is 15.2 Å². The largest absolute Gasteiger partial charge is 0.474 e. The number of hydroxylamine groups is 1. The third-order valence-corrected chi connectivity index (χ3v) is 8.12. The molecule has 2 N–H and O–H groups in total. The second-order valence-corrected chi connectivity index (χ2v) is 11.3. The van der Waals surface area contributed by atoms with Gasteiger partial charge in [0, 0.05) is 23.0 Å². The van der Waals surface area contributed by atoms with Crippen molar-refractivity contribution >= 4 is 45.8 Å². The first-order valence-corrected chi connectivity index (χ1v) is 13.1. The van der Waals surface area contributed by atoms with E-state index in [1.807, 2.05) is 6.92 Å². The van der Waals surface area contributed by atoms with Gasteiger partial charge in [0.25, 0.3) is 0 Å². The maximum Gasteiger partial charge on any atom is 0.416 e. The van der Waals surface area contributed by atoms with Gasteiger partial charge in [-0.3, -0.25) is 4.79 Å². The maximum absolute atomic E-state index is 13.0. The summed E-state index contributed by atoms with van der Waals surface area (Å²) in [7, 11) is -1.95. The number of hydrogen-bond donors (Lipinski definition) is 2. The van der Waals surface area contributed by atoms with Crippen LogP contribution in [-0.2, 0) is 39.8 Å². The van der Waals surface area contributed by atoms with Crippen LogP contribution in [0.5, 0.6) is 0 Å². The zero-order valence-electron chi connectivity index (χ0n) is 19.3. The molecule has 3 rings (SSSR count). The highest BCUT2D eigenvalue weighted by Crippen LogP contribution is 2.30. The smallest absolute Gasteiger partial charge is 0.416 e. The summed E-state index contributed by atoms with van der Waals surface area (Å²) in [6, 6.07) is 14.3. The Morgan fingerprint density at radius 1 is 1.08 bits per heavy atom. The highest BCUT2D eigenvalue weighted by molar-refractivity contribution is 7.84.